The monoisotopic (exact) mass is 496 g/mol. The number of methoxy groups -OCH3 is 1. The minimum atomic E-state index is -0.175. The number of nitrogens with one attached hydrogen (secondary N) is 1. The fraction of sp³-hybridized carbons (Fsp3) is 0.556. The Morgan fingerprint density at radius 1 is 1.11 bits per heavy atom. The lowest BCUT2D eigenvalue weighted by molar-refractivity contribution is -0.133. The molecule has 9 heteroatoms. The SMILES string of the molecule is CC.COc1ccc(C(=O)C2CCN([C@@H]3CCN(Cc4nc5c(c(=O)[nH]4)COCC5)C3=O)CC2)cc1. The summed E-state index contributed by atoms with van der Waals surface area (Å²) >= 11 is 0. The molecule has 0 bridgehead atoms. The summed E-state index contributed by atoms with van der Waals surface area (Å²) < 4.78 is 10.5. The second-order valence-corrected chi connectivity index (χ2v) is 9.21. The average molecular weight is 497 g/mol. The van der Waals surface area contributed by atoms with Crippen LogP contribution in [0.3, 0.4) is 0 Å². The van der Waals surface area contributed by atoms with Crippen LogP contribution in [0.15, 0.2) is 29.1 Å². The van der Waals surface area contributed by atoms with Crippen molar-refractivity contribution in [3.63, 3.8) is 0 Å². The van der Waals surface area contributed by atoms with Gasteiger partial charge in [-0.05, 0) is 56.6 Å². The van der Waals surface area contributed by atoms with Gasteiger partial charge in [0.2, 0.25) is 5.91 Å². The number of benzene rings is 1. The van der Waals surface area contributed by atoms with Crippen molar-refractivity contribution in [2.24, 2.45) is 5.92 Å². The third-order valence-electron chi connectivity index (χ3n) is 7.21. The van der Waals surface area contributed by atoms with Gasteiger partial charge in [0.1, 0.15) is 11.6 Å². The van der Waals surface area contributed by atoms with Crippen molar-refractivity contribution in [1.82, 2.24) is 19.8 Å². The molecule has 1 aromatic heterocycles. The van der Waals surface area contributed by atoms with Crippen molar-refractivity contribution in [3.05, 3.63) is 57.3 Å². The van der Waals surface area contributed by atoms with E-state index in [0.717, 1.165) is 43.8 Å². The number of piperidine rings is 1. The van der Waals surface area contributed by atoms with Crippen molar-refractivity contribution in [1.29, 1.82) is 0 Å². The molecule has 0 aliphatic carbocycles. The predicted octanol–water partition coefficient (Wildman–Crippen LogP) is 2.57. The van der Waals surface area contributed by atoms with Gasteiger partial charge in [0.15, 0.2) is 5.78 Å². The Balaban J connectivity index is 0.00000148. The largest absolute Gasteiger partial charge is 0.497 e. The van der Waals surface area contributed by atoms with Gasteiger partial charge in [0, 0.05) is 24.4 Å². The number of rotatable bonds is 6. The summed E-state index contributed by atoms with van der Waals surface area (Å²) in [5, 5.41) is 0. The lowest BCUT2D eigenvalue weighted by atomic mass is 9.88. The quantitative estimate of drug-likeness (QED) is 0.613. The van der Waals surface area contributed by atoms with Crippen LogP contribution in [0.25, 0.3) is 0 Å². The molecule has 2 saturated heterocycles. The highest BCUT2D eigenvalue weighted by Crippen LogP contribution is 2.27. The first-order valence-corrected chi connectivity index (χ1v) is 12.9. The second kappa shape index (κ2) is 11.8. The first kappa shape index (κ1) is 26.0. The predicted molar refractivity (Wildman–Crippen MR) is 135 cm³/mol. The fourth-order valence-electron chi connectivity index (χ4n) is 5.23. The molecule has 3 aliphatic heterocycles. The Morgan fingerprint density at radius 3 is 2.53 bits per heavy atom. The molecule has 5 rings (SSSR count). The molecule has 1 N–H and O–H groups in total. The maximum absolute atomic E-state index is 13.1. The molecule has 1 atom stereocenters. The third-order valence-corrected chi connectivity index (χ3v) is 7.21. The number of Topliss-reactive ketones (excluding diaryl/α,β-unsaturated/α-hetero) is 1. The highest BCUT2D eigenvalue weighted by atomic mass is 16.5. The van der Waals surface area contributed by atoms with E-state index in [1.807, 2.05) is 38.1 Å². The maximum Gasteiger partial charge on any atom is 0.256 e. The number of nitrogens with zero attached hydrogens (tertiary/aromatic N) is 3. The molecular formula is C27H36N4O5. The molecule has 36 heavy (non-hydrogen) atoms. The Kier molecular flexibility index (Phi) is 8.53. The van der Waals surface area contributed by atoms with E-state index in [9.17, 15) is 14.4 Å². The molecule has 9 nitrogen and oxygen atoms in total. The van der Waals surface area contributed by atoms with Crippen LogP contribution in [0.2, 0.25) is 0 Å². The number of carbonyl (C=O) groups excluding carboxylic acids is 2. The van der Waals surface area contributed by atoms with E-state index < -0.39 is 0 Å². The van der Waals surface area contributed by atoms with Crippen LogP contribution in [-0.2, 0) is 29.1 Å². The third kappa shape index (κ3) is 5.52. The van der Waals surface area contributed by atoms with Gasteiger partial charge in [0.05, 0.1) is 44.2 Å². The summed E-state index contributed by atoms with van der Waals surface area (Å²) in [5.74, 6) is 1.48. The average Bonchev–Trinajstić information content (AvgIpc) is 3.29. The van der Waals surface area contributed by atoms with Gasteiger partial charge in [-0.1, -0.05) is 13.8 Å². The van der Waals surface area contributed by atoms with Crippen molar-refractivity contribution in [2.45, 2.75) is 58.7 Å². The van der Waals surface area contributed by atoms with Crippen molar-refractivity contribution < 1.29 is 19.1 Å². The summed E-state index contributed by atoms with van der Waals surface area (Å²) in [4.78, 5) is 49.8. The smallest absolute Gasteiger partial charge is 0.256 e. The van der Waals surface area contributed by atoms with Gasteiger partial charge in [-0.3, -0.25) is 19.3 Å². The number of ketones is 1. The van der Waals surface area contributed by atoms with E-state index in [1.54, 1.807) is 12.0 Å². The minimum absolute atomic E-state index is 0.0222. The number of aromatic amines is 1. The highest BCUT2D eigenvalue weighted by molar-refractivity contribution is 5.98. The van der Waals surface area contributed by atoms with Gasteiger partial charge in [0.25, 0.3) is 5.56 Å². The van der Waals surface area contributed by atoms with Gasteiger partial charge in [-0.15, -0.1) is 0 Å². The molecule has 3 aliphatic rings. The first-order chi connectivity index (χ1) is 17.5. The van der Waals surface area contributed by atoms with Crippen LogP contribution >= 0.6 is 0 Å². The molecule has 4 heterocycles. The van der Waals surface area contributed by atoms with Crippen molar-refractivity contribution >= 4 is 11.7 Å². The number of H-pyrrole nitrogens is 1. The van der Waals surface area contributed by atoms with Gasteiger partial charge in [-0.25, -0.2) is 4.98 Å². The molecule has 0 unspecified atom stereocenters. The van der Waals surface area contributed by atoms with Crippen LogP contribution in [0, 0.1) is 5.92 Å². The van der Waals surface area contributed by atoms with Crippen molar-refractivity contribution in [2.75, 3.05) is 33.4 Å². The molecule has 1 amide bonds. The summed E-state index contributed by atoms with van der Waals surface area (Å²) in [6, 6.07) is 7.09. The topological polar surface area (TPSA) is 105 Å². The van der Waals surface area contributed by atoms with E-state index >= 15 is 0 Å². The number of aromatic nitrogens is 2. The zero-order valence-electron chi connectivity index (χ0n) is 21.4. The molecular weight excluding hydrogens is 460 g/mol. The number of amides is 1. The van der Waals surface area contributed by atoms with E-state index in [0.29, 0.717) is 49.7 Å². The Labute approximate surface area is 211 Å². The molecule has 0 radical (unpaired) electrons. The van der Waals surface area contributed by atoms with Crippen LogP contribution in [0.5, 0.6) is 5.75 Å². The Hall–Kier alpha value is -3.04. The van der Waals surface area contributed by atoms with Crippen LogP contribution in [0.4, 0.5) is 0 Å². The molecule has 2 fully saturated rings. The summed E-state index contributed by atoms with van der Waals surface area (Å²) in [7, 11) is 1.61. The fourth-order valence-corrected chi connectivity index (χ4v) is 5.23. The zero-order valence-corrected chi connectivity index (χ0v) is 21.4. The number of hydrogen-bond donors (Lipinski definition) is 1. The van der Waals surface area contributed by atoms with Gasteiger partial charge < -0.3 is 19.4 Å². The first-order valence-electron chi connectivity index (χ1n) is 12.9. The van der Waals surface area contributed by atoms with Crippen LogP contribution in [0.1, 0.15) is 60.5 Å². The van der Waals surface area contributed by atoms with Crippen molar-refractivity contribution in [3.8, 4) is 5.75 Å². The molecule has 1 aromatic carbocycles. The number of carbonyl (C=O) groups is 2. The van der Waals surface area contributed by atoms with E-state index in [4.69, 9.17) is 9.47 Å². The van der Waals surface area contributed by atoms with Crippen LogP contribution < -0.4 is 10.3 Å². The number of hydrogen-bond acceptors (Lipinski definition) is 7. The van der Waals surface area contributed by atoms with E-state index in [-0.39, 0.29) is 29.2 Å². The second-order valence-electron chi connectivity index (χ2n) is 9.21. The molecule has 0 spiro atoms. The number of ether oxygens (including phenoxy) is 2. The maximum atomic E-state index is 13.1. The van der Waals surface area contributed by atoms with E-state index in [1.165, 1.54) is 0 Å². The summed E-state index contributed by atoms with van der Waals surface area (Å²) in [5.41, 5.74) is 1.90. The zero-order chi connectivity index (χ0) is 25.7. The van der Waals surface area contributed by atoms with Gasteiger partial charge >= 0.3 is 0 Å². The normalized spacial score (nSPS) is 20.5. The molecule has 2 aromatic rings. The lowest BCUT2D eigenvalue weighted by Crippen LogP contribution is -2.46. The standard InChI is InChI=1S/C25H30N4O5.C2H6/c1-33-18-4-2-16(3-5-18)23(30)17-6-10-28(11-7-17)21-8-12-29(25(21)32)14-22-26-20-9-13-34-15-19(20)24(31)27-22;1-2/h2-5,17,21H,6-15H2,1H3,(H,26,27,31);1-2H3/t21-;/m1./s1. The number of likely N-dealkylation sites (tertiary alicyclic amines) is 2. The summed E-state index contributed by atoms with van der Waals surface area (Å²) in [6.45, 7) is 7.25. The number of fused-ring (bicyclic) bond motifs is 1. The Morgan fingerprint density at radius 2 is 1.83 bits per heavy atom. The minimum Gasteiger partial charge on any atom is -0.497 e. The molecule has 0 saturated carbocycles. The Bertz CT molecular complexity index is 1120. The van der Waals surface area contributed by atoms with Gasteiger partial charge in [-0.2, -0.15) is 0 Å². The van der Waals surface area contributed by atoms with Crippen LogP contribution in [-0.4, -0.2) is 70.9 Å². The van der Waals surface area contributed by atoms with E-state index in [2.05, 4.69) is 14.9 Å². The summed E-state index contributed by atoms with van der Waals surface area (Å²) in [6.07, 6.45) is 2.86. The molecule has 194 valence electrons. The lowest BCUT2D eigenvalue weighted by Gasteiger charge is -2.34. The highest BCUT2D eigenvalue weighted by Gasteiger charge is 2.38.